The standard InChI is InChI=1S/C21H24N4O5/c26-19(9-11-25-16-5-1-2-6-17(16)29-21(25)27)24-10-3-4-15(12-24)28-13-18-22-20(23-30-18)14-7-8-14/h1-2,5-6,14-15H,3-4,7-13H2. The smallest absolute Gasteiger partial charge is 0.408 e. The predicted molar refractivity (Wildman–Crippen MR) is 106 cm³/mol. The molecule has 1 saturated heterocycles. The number of benzene rings is 1. The van der Waals surface area contributed by atoms with E-state index in [4.69, 9.17) is 13.7 Å². The van der Waals surface area contributed by atoms with Crippen molar-refractivity contribution in [1.29, 1.82) is 0 Å². The molecule has 1 unspecified atom stereocenters. The lowest BCUT2D eigenvalue weighted by Crippen LogP contribution is -2.43. The number of aryl methyl sites for hydroxylation is 1. The Kier molecular flexibility index (Phi) is 5.12. The summed E-state index contributed by atoms with van der Waals surface area (Å²) < 4.78 is 17.9. The van der Waals surface area contributed by atoms with E-state index >= 15 is 0 Å². The molecule has 9 heteroatoms. The molecular formula is C21H24N4O5. The molecule has 0 spiro atoms. The Morgan fingerprint density at radius 2 is 2.10 bits per heavy atom. The third-order valence-corrected chi connectivity index (χ3v) is 5.72. The van der Waals surface area contributed by atoms with E-state index in [-0.39, 0.29) is 25.0 Å². The number of likely N-dealkylation sites (tertiary alicyclic amines) is 1. The summed E-state index contributed by atoms with van der Waals surface area (Å²) >= 11 is 0. The zero-order valence-electron chi connectivity index (χ0n) is 16.7. The van der Waals surface area contributed by atoms with Gasteiger partial charge in [0.15, 0.2) is 11.4 Å². The van der Waals surface area contributed by atoms with Crippen LogP contribution < -0.4 is 5.76 Å². The van der Waals surface area contributed by atoms with Crippen LogP contribution in [0.3, 0.4) is 0 Å². The Labute approximate surface area is 172 Å². The molecule has 0 N–H and O–H groups in total. The summed E-state index contributed by atoms with van der Waals surface area (Å²) in [6.45, 7) is 1.79. The van der Waals surface area contributed by atoms with Gasteiger partial charge >= 0.3 is 5.76 Å². The Bertz CT molecular complexity index is 1100. The Morgan fingerprint density at radius 1 is 1.23 bits per heavy atom. The van der Waals surface area contributed by atoms with Crippen LogP contribution in [0, 0.1) is 0 Å². The van der Waals surface area contributed by atoms with Gasteiger partial charge < -0.3 is 18.6 Å². The van der Waals surface area contributed by atoms with E-state index in [2.05, 4.69) is 10.1 Å². The minimum Gasteiger partial charge on any atom is -0.408 e. The molecule has 1 atom stereocenters. The first-order chi connectivity index (χ1) is 14.7. The third kappa shape index (κ3) is 4.02. The van der Waals surface area contributed by atoms with Crippen LogP contribution in [0.25, 0.3) is 11.1 Å². The van der Waals surface area contributed by atoms with Gasteiger partial charge in [0.25, 0.3) is 5.89 Å². The molecule has 9 nitrogen and oxygen atoms in total. The lowest BCUT2D eigenvalue weighted by atomic mass is 10.1. The van der Waals surface area contributed by atoms with E-state index < -0.39 is 5.76 Å². The van der Waals surface area contributed by atoms with Crippen molar-refractivity contribution in [3.63, 3.8) is 0 Å². The van der Waals surface area contributed by atoms with Crippen molar-refractivity contribution < 1.29 is 18.5 Å². The van der Waals surface area contributed by atoms with Crippen molar-refractivity contribution in [3.05, 3.63) is 46.5 Å². The highest BCUT2D eigenvalue weighted by Crippen LogP contribution is 2.38. The van der Waals surface area contributed by atoms with Crippen molar-refractivity contribution in [1.82, 2.24) is 19.6 Å². The van der Waals surface area contributed by atoms with E-state index in [0.29, 0.717) is 42.5 Å². The molecule has 30 heavy (non-hydrogen) atoms. The summed E-state index contributed by atoms with van der Waals surface area (Å²) in [6, 6.07) is 7.23. The van der Waals surface area contributed by atoms with Gasteiger partial charge in [-0.2, -0.15) is 4.98 Å². The largest absolute Gasteiger partial charge is 0.419 e. The van der Waals surface area contributed by atoms with Crippen molar-refractivity contribution in [3.8, 4) is 0 Å². The second kappa shape index (κ2) is 8.06. The molecular weight excluding hydrogens is 388 g/mol. The zero-order chi connectivity index (χ0) is 20.5. The van der Waals surface area contributed by atoms with E-state index in [1.54, 1.807) is 6.07 Å². The lowest BCUT2D eigenvalue weighted by molar-refractivity contribution is -0.136. The quantitative estimate of drug-likeness (QED) is 0.587. The van der Waals surface area contributed by atoms with Gasteiger partial charge in [-0.25, -0.2) is 4.79 Å². The number of hydrogen-bond acceptors (Lipinski definition) is 7. The first-order valence-corrected chi connectivity index (χ1v) is 10.5. The molecule has 2 aliphatic rings. The lowest BCUT2D eigenvalue weighted by Gasteiger charge is -2.32. The number of carbonyl (C=O) groups is 1. The number of piperidine rings is 1. The number of aromatic nitrogens is 3. The summed E-state index contributed by atoms with van der Waals surface area (Å²) in [5.41, 5.74) is 1.24. The Hall–Kier alpha value is -2.94. The number of carbonyl (C=O) groups excluding carboxylic acids is 1. The van der Waals surface area contributed by atoms with Crippen molar-refractivity contribution in [2.24, 2.45) is 0 Å². The Balaban J connectivity index is 1.14. The number of amides is 1. The summed E-state index contributed by atoms with van der Waals surface area (Å²) in [7, 11) is 0. The molecule has 5 rings (SSSR count). The van der Waals surface area contributed by atoms with Crippen molar-refractivity contribution in [2.75, 3.05) is 13.1 Å². The summed E-state index contributed by atoms with van der Waals surface area (Å²) in [5, 5.41) is 4.00. The molecule has 3 heterocycles. The normalized spacial score (nSPS) is 19.5. The minimum absolute atomic E-state index is 0.00860. The number of nitrogens with zero attached hydrogens (tertiary/aromatic N) is 4. The maximum Gasteiger partial charge on any atom is 0.419 e. The fourth-order valence-electron chi connectivity index (χ4n) is 3.92. The van der Waals surface area contributed by atoms with E-state index in [1.807, 2.05) is 23.1 Å². The predicted octanol–water partition coefficient (Wildman–Crippen LogP) is 2.45. The summed E-state index contributed by atoms with van der Waals surface area (Å²) in [5.74, 6) is 1.29. The van der Waals surface area contributed by atoms with Crippen LogP contribution in [0.1, 0.15) is 49.7 Å². The number of ether oxygens (including phenoxy) is 1. The number of rotatable bonds is 7. The fourth-order valence-corrected chi connectivity index (χ4v) is 3.92. The number of para-hydroxylation sites is 2. The van der Waals surface area contributed by atoms with Gasteiger partial charge in [-0.3, -0.25) is 9.36 Å². The van der Waals surface area contributed by atoms with Crippen LogP contribution in [-0.2, 0) is 22.7 Å². The Morgan fingerprint density at radius 3 is 2.97 bits per heavy atom. The maximum atomic E-state index is 12.7. The van der Waals surface area contributed by atoms with E-state index in [9.17, 15) is 9.59 Å². The topological polar surface area (TPSA) is 104 Å². The molecule has 1 saturated carbocycles. The first kappa shape index (κ1) is 19.0. The second-order valence-electron chi connectivity index (χ2n) is 7.97. The molecule has 0 bridgehead atoms. The van der Waals surface area contributed by atoms with Gasteiger partial charge in [0, 0.05) is 32.0 Å². The van der Waals surface area contributed by atoms with Gasteiger partial charge in [0.2, 0.25) is 5.91 Å². The van der Waals surface area contributed by atoms with Gasteiger partial charge in [0.05, 0.1) is 11.6 Å². The monoisotopic (exact) mass is 412 g/mol. The molecule has 2 fully saturated rings. The highest BCUT2D eigenvalue weighted by Gasteiger charge is 2.29. The average molecular weight is 412 g/mol. The minimum atomic E-state index is -0.436. The number of hydrogen-bond donors (Lipinski definition) is 0. The molecule has 3 aromatic rings. The SMILES string of the molecule is O=C(CCn1c(=O)oc2ccccc21)N1CCCC(OCc2nc(C3CC3)no2)C1. The average Bonchev–Trinajstić information content (AvgIpc) is 3.42. The van der Waals surface area contributed by atoms with E-state index in [1.165, 1.54) is 4.57 Å². The number of fused-ring (bicyclic) bond motifs is 1. The van der Waals surface area contributed by atoms with Crippen LogP contribution in [0.2, 0.25) is 0 Å². The molecule has 0 radical (unpaired) electrons. The van der Waals surface area contributed by atoms with Crippen LogP contribution in [-0.4, -0.2) is 44.7 Å². The zero-order valence-corrected chi connectivity index (χ0v) is 16.7. The van der Waals surface area contributed by atoms with Crippen molar-refractivity contribution >= 4 is 17.0 Å². The molecule has 1 aromatic carbocycles. The van der Waals surface area contributed by atoms with Crippen molar-refractivity contribution in [2.45, 2.75) is 57.3 Å². The molecule has 158 valence electrons. The van der Waals surface area contributed by atoms with Crippen LogP contribution >= 0.6 is 0 Å². The highest BCUT2D eigenvalue weighted by molar-refractivity contribution is 5.77. The molecule has 2 aromatic heterocycles. The van der Waals surface area contributed by atoms with Crippen LogP contribution in [0.5, 0.6) is 0 Å². The molecule has 1 amide bonds. The molecule has 1 aliphatic heterocycles. The van der Waals surface area contributed by atoms with E-state index in [0.717, 1.165) is 31.5 Å². The molecule has 1 aliphatic carbocycles. The number of oxazole rings is 1. The third-order valence-electron chi connectivity index (χ3n) is 5.72. The summed E-state index contributed by atoms with van der Waals surface area (Å²) in [4.78, 5) is 31.0. The van der Waals surface area contributed by atoms with Crippen LogP contribution in [0.15, 0.2) is 38.0 Å². The van der Waals surface area contributed by atoms with Gasteiger partial charge in [-0.05, 0) is 37.8 Å². The summed E-state index contributed by atoms with van der Waals surface area (Å²) in [6.07, 6.45) is 4.20. The van der Waals surface area contributed by atoms with Gasteiger partial charge in [-0.1, -0.05) is 17.3 Å². The highest BCUT2D eigenvalue weighted by atomic mass is 16.5. The fraction of sp³-hybridized carbons (Fsp3) is 0.524. The van der Waals surface area contributed by atoms with Gasteiger partial charge in [-0.15, -0.1) is 0 Å². The first-order valence-electron chi connectivity index (χ1n) is 10.5. The van der Waals surface area contributed by atoms with Gasteiger partial charge in [0.1, 0.15) is 6.61 Å². The second-order valence-corrected chi connectivity index (χ2v) is 7.97. The van der Waals surface area contributed by atoms with Crippen LogP contribution in [0.4, 0.5) is 0 Å². The maximum absolute atomic E-state index is 12.7.